The second kappa shape index (κ2) is 8.61. The van der Waals surface area contributed by atoms with Gasteiger partial charge in [-0.25, -0.2) is 4.39 Å². The van der Waals surface area contributed by atoms with Gasteiger partial charge in [-0.15, -0.1) is 0 Å². The Morgan fingerprint density at radius 2 is 1.93 bits per heavy atom. The van der Waals surface area contributed by atoms with Crippen LogP contribution in [0.4, 0.5) is 4.39 Å². The number of nitrogens with zero attached hydrogens (tertiary/aromatic N) is 1. The van der Waals surface area contributed by atoms with Gasteiger partial charge < -0.3 is 19.1 Å². The molecule has 0 aliphatic heterocycles. The normalized spacial score (nSPS) is 13.2. The van der Waals surface area contributed by atoms with Crippen molar-refractivity contribution in [2.24, 2.45) is 0 Å². The third kappa shape index (κ3) is 4.91. The van der Waals surface area contributed by atoms with E-state index < -0.39 is 5.82 Å². The van der Waals surface area contributed by atoms with Crippen molar-refractivity contribution in [3.63, 3.8) is 0 Å². The van der Waals surface area contributed by atoms with Gasteiger partial charge in [-0.2, -0.15) is 0 Å². The van der Waals surface area contributed by atoms with Crippen LogP contribution in [0.15, 0.2) is 40.9 Å². The van der Waals surface area contributed by atoms with Crippen LogP contribution in [0, 0.1) is 5.82 Å². The summed E-state index contributed by atoms with van der Waals surface area (Å²) in [6.07, 6.45) is 1.91. The zero-order valence-electron chi connectivity index (χ0n) is 15.2. The summed E-state index contributed by atoms with van der Waals surface area (Å²) in [5.41, 5.74) is 0.883. The molecule has 0 saturated heterocycles. The average Bonchev–Trinajstić information content (AvgIpc) is 3.50. The first-order valence-electron chi connectivity index (χ1n) is 8.60. The zero-order chi connectivity index (χ0) is 19.4. The molecule has 1 aliphatic carbocycles. The molecule has 0 heterocycles. The van der Waals surface area contributed by atoms with E-state index in [1.165, 1.54) is 12.1 Å². The van der Waals surface area contributed by atoms with Crippen molar-refractivity contribution in [1.82, 2.24) is 4.90 Å². The lowest BCUT2D eigenvalue weighted by atomic mass is 10.1. The van der Waals surface area contributed by atoms with Gasteiger partial charge >= 0.3 is 0 Å². The number of halogens is 2. The highest BCUT2D eigenvalue weighted by Gasteiger charge is 2.33. The topological polar surface area (TPSA) is 48.0 Å². The van der Waals surface area contributed by atoms with E-state index in [0.29, 0.717) is 22.5 Å². The minimum Gasteiger partial charge on any atom is -0.497 e. The number of benzene rings is 2. The summed E-state index contributed by atoms with van der Waals surface area (Å²) in [5, 5.41) is 0. The van der Waals surface area contributed by atoms with Crippen molar-refractivity contribution in [1.29, 1.82) is 0 Å². The Labute approximate surface area is 166 Å². The van der Waals surface area contributed by atoms with Crippen molar-refractivity contribution < 1.29 is 23.4 Å². The van der Waals surface area contributed by atoms with Crippen molar-refractivity contribution in [3.8, 4) is 17.2 Å². The van der Waals surface area contributed by atoms with E-state index in [-0.39, 0.29) is 24.3 Å². The Balaban J connectivity index is 1.69. The second-order valence-corrected chi connectivity index (χ2v) is 7.21. The molecular weight excluding hydrogens is 417 g/mol. The summed E-state index contributed by atoms with van der Waals surface area (Å²) in [6.45, 7) is 0.191. The molecule has 0 N–H and O–H groups in total. The van der Waals surface area contributed by atoms with Gasteiger partial charge in [0.15, 0.2) is 18.2 Å². The Bertz CT molecular complexity index is 826. The molecule has 0 unspecified atom stereocenters. The molecule has 5 nitrogen and oxygen atoms in total. The van der Waals surface area contributed by atoms with Crippen molar-refractivity contribution in [2.75, 3.05) is 20.8 Å². The molecule has 0 bridgehead atoms. The van der Waals surface area contributed by atoms with E-state index >= 15 is 0 Å². The summed E-state index contributed by atoms with van der Waals surface area (Å²) in [7, 11) is 3.17. The molecule has 0 spiro atoms. The number of amides is 1. The maximum absolute atomic E-state index is 13.9. The fourth-order valence-electron chi connectivity index (χ4n) is 2.79. The average molecular weight is 438 g/mol. The van der Waals surface area contributed by atoms with Gasteiger partial charge in [-0.1, -0.05) is 15.9 Å². The first-order valence-corrected chi connectivity index (χ1v) is 9.39. The molecule has 2 aromatic rings. The van der Waals surface area contributed by atoms with E-state index in [9.17, 15) is 9.18 Å². The van der Waals surface area contributed by atoms with Crippen LogP contribution in [-0.2, 0) is 11.3 Å². The fraction of sp³-hybridized carbons (Fsp3) is 0.350. The summed E-state index contributed by atoms with van der Waals surface area (Å²) in [4.78, 5) is 14.5. The number of carbonyl (C=O) groups is 1. The third-order valence-electron chi connectivity index (χ3n) is 4.39. The van der Waals surface area contributed by atoms with E-state index in [1.54, 1.807) is 31.3 Å². The summed E-state index contributed by atoms with van der Waals surface area (Å²) in [5.74, 6) is 0.718. The minimum absolute atomic E-state index is 0.0596. The van der Waals surface area contributed by atoms with Gasteiger partial charge in [0, 0.05) is 28.7 Å². The van der Waals surface area contributed by atoms with E-state index in [2.05, 4.69) is 15.9 Å². The summed E-state index contributed by atoms with van der Waals surface area (Å²) in [6, 6.07) is 10.2. The zero-order valence-corrected chi connectivity index (χ0v) is 16.8. The summed E-state index contributed by atoms with van der Waals surface area (Å²) < 4.78 is 30.5. The third-order valence-corrected chi connectivity index (χ3v) is 4.88. The molecule has 0 atom stereocenters. The lowest BCUT2D eigenvalue weighted by molar-refractivity contribution is -0.134. The largest absolute Gasteiger partial charge is 0.497 e. The molecule has 1 saturated carbocycles. The predicted octanol–water partition coefficient (Wildman–Crippen LogP) is 4.18. The first-order chi connectivity index (χ1) is 13.0. The monoisotopic (exact) mass is 437 g/mol. The molecule has 3 rings (SSSR count). The highest BCUT2D eigenvalue weighted by atomic mass is 79.9. The highest BCUT2D eigenvalue weighted by molar-refractivity contribution is 9.10. The molecule has 1 aliphatic rings. The van der Waals surface area contributed by atoms with Gasteiger partial charge in [0.25, 0.3) is 5.91 Å². The van der Waals surface area contributed by atoms with Crippen molar-refractivity contribution in [3.05, 3.63) is 52.3 Å². The van der Waals surface area contributed by atoms with Crippen LogP contribution in [0.2, 0.25) is 0 Å². The molecule has 0 radical (unpaired) electrons. The van der Waals surface area contributed by atoms with E-state index in [1.807, 2.05) is 12.1 Å². The maximum Gasteiger partial charge on any atom is 0.261 e. The van der Waals surface area contributed by atoms with Crippen LogP contribution in [0.25, 0.3) is 0 Å². The van der Waals surface area contributed by atoms with Crippen LogP contribution in [-0.4, -0.2) is 37.7 Å². The smallest absolute Gasteiger partial charge is 0.261 e. The van der Waals surface area contributed by atoms with Crippen LogP contribution in [0.3, 0.4) is 0 Å². The van der Waals surface area contributed by atoms with Crippen LogP contribution < -0.4 is 14.2 Å². The number of carbonyl (C=O) groups excluding carboxylic acids is 1. The first kappa shape index (κ1) is 19.5. The number of hydrogen-bond donors (Lipinski definition) is 0. The standard InChI is InChI=1S/C20H21BrFNO4/c1-25-16-7-3-13(19(10-16)26-2)11-23(15-5-6-15)20(24)12-27-18-8-4-14(21)9-17(18)22/h3-4,7-10,15H,5-6,11-12H2,1-2H3. The van der Waals surface area contributed by atoms with Crippen molar-refractivity contribution in [2.45, 2.75) is 25.4 Å². The van der Waals surface area contributed by atoms with Gasteiger partial charge in [-0.3, -0.25) is 4.79 Å². The van der Waals surface area contributed by atoms with Gasteiger partial charge in [-0.05, 0) is 43.2 Å². The molecule has 1 fully saturated rings. The van der Waals surface area contributed by atoms with Crippen LogP contribution in [0.5, 0.6) is 17.2 Å². The summed E-state index contributed by atoms with van der Waals surface area (Å²) >= 11 is 3.20. The highest BCUT2D eigenvalue weighted by Crippen LogP contribution is 2.32. The Hall–Kier alpha value is -2.28. The van der Waals surface area contributed by atoms with E-state index in [4.69, 9.17) is 14.2 Å². The molecule has 0 aromatic heterocycles. The Morgan fingerprint density at radius 3 is 2.56 bits per heavy atom. The fourth-order valence-corrected chi connectivity index (χ4v) is 3.12. The second-order valence-electron chi connectivity index (χ2n) is 6.29. The van der Waals surface area contributed by atoms with Crippen molar-refractivity contribution >= 4 is 21.8 Å². The van der Waals surface area contributed by atoms with Crippen LogP contribution in [0.1, 0.15) is 18.4 Å². The quantitative estimate of drug-likeness (QED) is 0.621. The predicted molar refractivity (Wildman–Crippen MR) is 103 cm³/mol. The van der Waals surface area contributed by atoms with Gasteiger partial charge in [0.1, 0.15) is 11.5 Å². The van der Waals surface area contributed by atoms with E-state index in [0.717, 1.165) is 18.4 Å². The molecule has 27 heavy (non-hydrogen) atoms. The lowest BCUT2D eigenvalue weighted by Crippen LogP contribution is -2.36. The number of rotatable bonds is 8. The molecule has 7 heteroatoms. The number of methoxy groups -OCH3 is 2. The molecular formula is C20H21BrFNO4. The molecule has 144 valence electrons. The SMILES string of the molecule is COc1ccc(CN(C(=O)COc2ccc(Br)cc2F)C2CC2)c(OC)c1. The molecule has 1 amide bonds. The van der Waals surface area contributed by atoms with Gasteiger partial charge in [0.05, 0.1) is 14.2 Å². The molecule has 2 aromatic carbocycles. The van der Waals surface area contributed by atoms with Crippen LogP contribution >= 0.6 is 15.9 Å². The van der Waals surface area contributed by atoms with Gasteiger partial charge in [0.2, 0.25) is 0 Å². The minimum atomic E-state index is -0.507. The number of ether oxygens (including phenoxy) is 3. The lowest BCUT2D eigenvalue weighted by Gasteiger charge is -2.24. The Kier molecular flexibility index (Phi) is 6.21. The Morgan fingerprint density at radius 1 is 1.15 bits per heavy atom. The number of hydrogen-bond acceptors (Lipinski definition) is 4. The maximum atomic E-state index is 13.9.